The van der Waals surface area contributed by atoms with Crippen LogP contribution in [0.1, 0.15) is 10.4 Å². The molecular formula is C12H14N2O5. The molecule has 0 unspecified atom stereocenters. The number of carbonyl (C=O) groups excluding carboxylic acids is 3. The van der Waals surface area contributed by atoms with Crippen molar-refractivity contribution in [2.75, 3.05) is 20.3 Å². The summed E-state index contributed by atoms with van der Waals surface area (Å²) in [6.07, 6.45) is 5.10. The lowest BCUT2D eigenvalue weighted by Crippen LogP contribution is -2.27. The second-order valence-electron chi connectivity index (χ2n) is 3.38. The summed E-state index contributed by atoms with van der Waals surface area (Å²) in [4.78, 5) is 36.0. The molecule has 0 radical (unpaired) electrons. The van der Waals surface area contributed by atoms with Gasteiger partial charge in [-0.2, -0.15) is 0 Å². The summed E-state index contributed by atoms with van der Waals surface area (Å²) in [7, 11) is 1.20. The van der Waals surface area contributed by atoms with Gasteiger partial charge in [0.05, 0.1) is 19.2 Å². The predicted molar refractivity (Wildman–Crippen MR) is 65.2 cm³/mol. The van der Waals surface area contributed by atoms with E-state index in [-0.39, 0.29) is 19.1 Å². The molecule has 1 aromatic heterocycles. The minimum absolute atomic E-state index is 0.0144. The van der Waals surface area contributed by atoms with Gasteiger partial charge in [-0.1, -0.05) is 0 Å². The van der Waals surface area contributed by atoms with Crippen LogP contribution >= 0.6 is 0 Å². The molecule has 7 nitrogen and oxygen atoms in total. The standard InChI is InChI=1S/C12H14N2O5/c1-18-10(15)2-3-11(16)19-7-6-14-12(17)9-4-5-13-8-9/h2-5,8,13H,6-7H2,1H3,(H,14,17)/b3-2+. The van der Waals surface area contributed by atoms with Crippen molar-refractivity contribution in [3.63, 3.8) is 0 Å². The van der Waals surface area contributed by atoms with E-state index in [9.17, 15) is 14.4 Å². The summed E-state index contributed by atoms with van der Waals surface area (Å²) in [5.74, 6) is -1.58. The van der Waals surface area contributed by atoms with E-state index in [0.717, 1.165) is 12.2 Å². The Kier molecular flexibility index (Phi) is 5.87. The number of hydrogen-bond donors (Lipinski definition) is 2. The van der Waals surface area contributed by atoms with Crippen molar-refractivity contribution >= 4 is 17.8 Å². The van der Waals surface area contributed by atoms with E-state index in [1.807, 2.05) is 0 Å². The molecule has 0 aromatic carbocycles. The monoisotopic (exact) mass is 266 g/mol. The van der Waals surface area contributed by atoms with Crippen LogP contribution < -0.4 is 5.32 Å². The molecule has 0 saturated heterocycles. The third-order valence-corrected chi connectivity index (χ3v) is 2.05. The molecule has 102 valence electrons. The van der Waals surface area contributed by atoms with E-state index < -0.39 is 11.9 Å². The molecule has 1 rings (SSSR count). The molecule has 0 fully saturated rings. The molecule has 1 heterocycles. The van der Waals surface area contributed by atoms with Crippen molar-refractivity contribution in [2.45, 2.75) is 0 Å². The Labute approximate surface area is 109 Å². The highest BCUT2D eigenvalue weighted by Crippen LogP contribution is 1.95. The van der Waals surface area contributed by atoms with Crippen molar-refractivity contribution in [3.05, 3.63) is 36.2 Å². The zero-order valence-electron chi connectivity index (χ0n) is 10.3. The second kappa shape index (κ2) is 7.70. The van der Waals surface area contributed by atoms with Crippen LogP contribution in [0.4, 0.5) is 0 Å². The van der Waals surface area contributed by atoms with Crippen LogP contribution in [0.2, 0.25) is 0 Å². The molecule has 7 heteroatoms. The first-order valence-corrected chi connectivity index (χ1v) is 5.47. The summed E-state index contributed by atoms with van der Waals surface area (Å²) >= 11 is 0. The van der Waals surface area contributed by atoms with Gasteiger partial charge in [-0.3, -0.25) is 4.79 Å². The molecule has 0 aliphatic heterocycles. The van der Waals surface area contributed by atoms with Crippen molar-refractivity contribution in [3.8, 4) is 0 Å². The maximum absolute atomic E-state index is 11.5. The fraction of sp³-hybridized carbons (Fsp3) is 0.250. The fourth-order valence-electron chi connectivity index (χ4n) is 1.14. The zero-order chi connectivity index (χ0) is 14.1. The largest absolute Gasteiger partial charge is 0.466 e. The summed E-state index contributed by atoms with van der Waals surface area (Å²) in [5, 5.41) is 2.56. The van der Waals surface area contributed by atoms with Crippen LogP contribution in [0.3, 0.4) is 0 Å². The summed E-state index contributed by atoms with van der Waals surface area (Å²) in [6.45, 7) is 0.197. The van der Waals surface area contributed by atoms with E-state index in [0.29, 0.717) is 5.56 Å². The van der Waals surface area contributed by atoms with Gasteiger partial charge < -0.3 is 19.8 Å². The molecule has 0 atom stereocenters. The van der Waals surface area contributed by atoms with E-state index >= 15 is 0 Å². The van der Waals surface area contributed by atoms with Gasteiger partial charge >= 0.3 is 11.9 Å². The van der Waals surface area contributed by atoms with E-state index in [1.165, 1.54) is 7.11 Å². The number of carbonyl (C=O) groups is 3. The lowest BCUT2D eigenvalue weighted by molar-refractivity contribution is -0.139. The minimum Gasteiger partial charge on any atom is -0.466 e. The third-order valence-electron chi connectivity index (χ3n) is 2.05. The number of ether oxygens (including phenoxy) is 2. The SMILES string of the molecule is COC(=O)/C=C/C(=O)OCCNC(=O)c1cc[nH]c1. The fourth-order valence-corrected chi connectivity index (χ4v) is 1.14. The number of nitrogens with one attached hydrogen (secondary N) is 2. The lowest BCUT2D eigenvalue weighted by atomic mass is 10.3. The average Bonchev–Trinajstić information content (AvgIpc) is 2.94. The Morgan fingerprint density at radius 3 is 2.68 bits per heavy atom. The number of rotatable bonds is 6. The Hall–Kier alpha value is -2.57. The molecule has 0 aliphatic rings. The van der Waals surface area contributed by atoms with Gasteiger partial charge in [0.1, 0.15) is 6.61 Å². The number of hydrogen-bond acceptors (Lipinski definition) is 5. The second-order valence-corrected chi connectivity index (χ2v) is 3.38. The Morgan fingerprint density at radius 1 is 1.32 bits per heavy atom. The molecular weight excluding hydrogens is 252 g/mol. The summed E-state index contributed by atoms with van der Waals surface area (Å²) in [5.41, 5.74) is 0.497. The van der Waals surface area contributed by atoms with Gasteiger partial charge in [0.15, 0.2) is 0 Å². The van der Waals surface area contributed by atoms with E-state index in [4.69, 9.17) is 4.74 Å². The average molecular weight is 266 g/mol. The molecule has 0 aliphatic carbocycles. The molecule has 0 spiro atoms. The van der Waals surface area contributed by atoms with Crippen molar-refractivity contribution in [1.82, 2.24) is 10.3 Å². The zero-order valence-corrected chi connectivity index (χ0v) is 10.3. The smallest absolute Gasteiger partial charge is 0.331 e. The van der Waals surface area contributed by atoms with Gasteiger partial charge in [-0.25, -0.2) is 9.59 Å². The quantitative estimate of drug-likeness (QED) is 0.429. The topological polar surface area (TPSA) is 97.5 Å². The molecule has 2 N–H and O–H groups in total. The first-order valence-electron chi connectivity index (χ1n) is 5.47. The lowest BCUT2D eigenvalue weighted by Gasteiger charge is -2.03. The molecule has 1 aromatic rings. The summed E-state index contributed by atoms with van der Waals surface area (Å²) in [6, 6.07) is 1.63. The molecule has 19 heavy (non-hydrogen) atoms. The van der Waals surface area contributed by atoms with Crippen molar-refractivity contribution in [1.29, 1.82) is 0 Å². The van der Waals surface area contributed by atoms with Gasteiger partial charge in [0.25, 0.3) is 5.91 Å². The maximum Gasteiger partial charge on any atom is 0.331 e. The Morgan fingerprint density at radius 2 is 2.05 bits per heavy atom. The number of amides is 1. The summed E-state index contributed by atoms with van der Waals surface area (Å²) < 4.78 is 9.05. The van der Waals surface area contributed by atoms with Crippen LogP contribution in [0.5, 0.6) is 0 Å². The van der Waals surface area contributed by atoms with Crippen molar-refractivity contribution < 1.29 is 23.9 Å². The van der Waals surface area contributed by atoms with Gasteiger partial charge in [0, 0.05) is 24.5 Å². The first-order chi connectivity index (χ1) is 9.13. The Balaban J connectivity index is 2.17. The third kappa shape index (κ3) is 5.53. The van der Waals surface area contributed by atoms with E-state index in [2.05, 4.69) is 15.0 Å². The highest BCUT2D eigenvalue weighted by atomic mass is 16.5. The number of methoxy groups -OCH3 is 1. The van der Waals surface area contributed by atoms with Gasteiger partial charge in [-0.05, 0) is 6.07 Å². The highest BCUT2D eigenvalue weighted by Gasteiger charge is 2.05. The minimum atomic E-state index is -0.679. The van der Waals surface area contributed by atoms with Crippen LogP contribution in [0.15, 0.2) is 30.6 Å². The normalized spacial score (nSPS) is 10.2. The molecule has 0 saturated carbocycles. The maximum atomic E-state index is 11.5. The Bertz CT molecular complexity index is 464. The molecule has 1 amide bonds. The number of aromatic nitrogens is 1. The van der Waals surface area contributed by atoms with Crippen molar-refractivity contribution in [2.24, 2.45) is 0 Å². The van der Waals surface area contributed by atoms with Crippen LogP contribution in [-0.2, 0) is 19.1 Å². The highest BCUT2D eigenvalue weighted by molar-refractivity contribution is 5.94. The van der Waals surface area contributed by atoms with Crippen LogP contribution in [0.25, 0.3) is 0 Å². The van der Waals surface area contributed by atoms with Gasteiger partial charge in [-0.15, -0.1) is 0 Å². The van der Waals surface area contributed by atoms with Crippen LogP contribution in [0, 0.1) is 0 Å². The van der Waals surface area contributed by atoms with Crippen LogP contribution in [-0.4, -0.2) is 43.1 Å². The van der Waals surface area contributed by atoms with Gasteiger partial charge in [0.2, 0.25) is 0 Å². The number of aromatic amines is 1. The predicted octanol–water partition coefficient (Wildman–Crippen LogP) is 0.0169. The number of H-pyrrole nitrogens is 1. The number of esters is 2. The molecule has 0 bridgehead atoms. The van der Waals surface area contributed by atoms with E-state index in [1.54, 1.807) is 18.5 Å². The first kappa shape index (κ1) is 14.5.